The minimum Gasteiger partial charge on any atom is -0.298 e. The number of nitrogens with one attached hydrogen (secondary N) is 1. The fraction of sp³-hybridized carbons (Fsp3) is 0.333. The van der Waals surface area contributed by atoms with Crippen molar-refractivity contribution in [3.05, 3.63) is 57.1 Å². The van der Waals surface area contributed by atoms with Gasteiger partial charge < -0.3 is 0 Å². The van der Waals surface area contributed by atoms with E-state index in [1.54, 1.807) is 29.0 Å². The number of aromatic nitrogens is 3. The highest BCUT2D eigenvalue weighted by atomic mass is 32.1. The lowest BCUT2D eigenvalue weighted by Crippen LogP contribution is -2.26. The number of allylic oxidation sites excluding steroid dienone is 2. The van der Waals surface area contributed by atoms with Crippen LogP contribution in [0.2, 0.25) is 0 Å². The van der Waals surface area contributed by atoms with Gasteiger partial charge in [0, 0.05) is 23.2 Å². The van der Waals surface area contributed by atoms with Gasteiger partial charge >= 0.3 is 0 Å². The second kappa shape index (κ2) is 7.67. The van der Waals surface area contributed by atoms with E-state index in [1.165, 1.54) is 11.3 Å². The van der Waals surface area contributed by atoms with Crippen molar-refractivity contribution in [2.45, 2.75) is 46.1 Å². The maximum atomic E-state index is 13.1. The monoisotopic (exact) mass is 394 g/mol. The largest absolute Gasteiger partial charge is 0.298 e. The van der Waals surface area contributed by atoms with Crippen LogP contribution in [0.15, 0.2) is 35.3 Å². The Bertz CT molecular complexity index is 1140. The van der Waals surface area contributed by atoms with Crippen LogP contribution in [-0.4, -0.2) is 20.4 Å². The number of hydrogen-bond acceptors (Lipinski definition) is 5. The summed E-state index contributed by atoms with van der Waals surface area (Å²) < 4.78 is 1.79. The second-order valence-corrected chi connectivity index (χ2v) is 8.21. The summed E-state index contributed by atoms with van der Waals surface area (Å²) >= 11 is 1.42. The molecule has 0 radical (unpaired) electrons. The lowest BCUT2D eigenvalue weighted by atomic mass is 10.0. The first-order valence-corrected chi connectivity index (χ1v) is 10.3. The van der Waals surface area contributed by atoms with Crippen molar-refractivity contribution < 1.29 is 4.79 Å². The molecule has 0 spiro atoms. The average molecular weight is 395 g/mol. The molecule has 1 N–H and O–H groups in total. The first kappa shape index (κ1) is 18.6. The van der Waals surface area contributed by atoms with E-state index in [0.717, 1.165) is 42.0 Å². The van der Waals surface area contributed by atoms with Crippen LogP contribution >= 0.6 is 11.3 Å². The van der Waals surface area contributed by atoms with Crippen LogP contribution in [0.1, 0.15) is 53.7 Å². The van der Waals surface area contributed by atoms with E-state index in [-0.39, 0.29) is 11.5 Å². The first-order valence-electron chi connectivity index (χ1n) is 9.51. The Morgan fingerprint density at radius 3 is 2.89 bits per heavy atom. The molecule has 2 aromatic heterocycles. The summed E-state index contributed by atoms with van der Waals surface area (Å²) in [6, 6.07) is 5.07. The van der Waals surface area contributed by atoms with Crippen molar-refractivity contribution in [2.24, 2.45) is 0 Å². The molecule has 7 heteroatoms. The predicted octanol–water partition coefficient (Wildman–Crippen LogP) is 4.39. The average Bonchev–Trinajstić information content (AvgIpc) is 3.08. The van der Waals surface area contributed by atoms with Crippen molar-refractivity contribution in [1.82, 2.24) is 14.5 Å². The molecule has 3 heterocycles. The molecule has 0 saturated heterocycles. The van der Waals surface area contributed by atoms with Crippen molar-refractivity contribution in [2.75, 3.05) is 5.32 Å². The summed E-state index contributed by atoms with van der Waals surface area (Å²) in [5, 5.41) is 3.91. The Labute approximate surface area is 167 Å². The van der Waals surface area contributed by atoms with E-state index in [9.17, 15) is 9.59 Å². The number of benzene rings is 1. The third-order valence-electron chi connectivity index (χ3n) is 5.02. The van der Waals surface area contributed by atoms with Crippen molar-refractivity contribution in [1.29, 1.82) is 0 Å². The number of thiazole rings is 1. The molecule has 1 aliphatic heterocycles. The van der Waals surface area contributed by atoms with Crippen LogP contribution < -0.4 is 10.9 Å². The molecule has 0 atom stereocenters. The number of fused-ring (bicyclic) bond motifs is 2. The molecule has 1 aliphatic rings. The number of carbonyl (C=O) groups is 1. The molecule has 1 amide bonds. The van der Waals surface area contributed by atoms with E-state index in [1.807, 2.05) is 19.9 Å². The Morgan fingerprint density at radius 2 is 2.14 bits per heavy atom. The Kier molecular flexibility index (Phi) is 5.09. The highest BCUT2D eigenvalue weighted by molar-refractivity contribution is 7.15. The van der Waals surface area contributed by atoms with Crippen LogP contribution in [0.5, 0.6) is 0 Å². The molecule has 144 valence electrons. The van der Waals surface area contributed by atoms with Crippen molar-refractivity contribution >= 4 is 38.9 Å². The molecule has 1 aromatic carbocycles. The van der Waals surface area contributed by atoms with Gasteiger partial charge in [0.1, 0.15) is 5.82 Å². The van der Waals surface area contributed by atoms with Gasteiger partial charge in [0.05, 0.1) is 10.9 Å². The number of nitrogens with zero attached hydrogens (tertiary/aromatic N) is 3. The molecule has 4 rings (SSSR count). The predicted molar refractivity (Wildman–Crippen MR) is 113 cm³/mol. The van der Waals surface area contributed by atoms with Gasteiger partial charge in [-0.3, -0.25) is 19.5 Å². The number of hydrogen-bond donors (Lipinski definition) is 1. The third kappa shape index (κ3) is 3.49. The molecular weight excluding hydrogens is 372 g/mol. The van der Waals surface area contributed by atoms with E-state index in [4.69, 9.17) is 4.98 Å². The molecule has 0 saturated carbocycles. The van der Waals surface area contributed by atoms with E-state index in [2.05, 4.69) is 10.3 Å². The smallest absolute Gasteiger partial charge is 0.261 e. The van der Waals surface area contributed by atoms with Crippen LogP contribution in [0.25, 0.3) is 16.5 Å². The normalized spacial score (nSPS) is 15.9. The fourth-order valence-electron chi connectivity index (χ4n) is 3.54. The summed E-state index contributed by atoms with van der Waals surface area (Å²) in [5.41, 5.74) is 2.07. The highest BCUT2D eigenvalue weighted by Crippen LogP contribution is 2.24. The van der Waals surface area contributed by atoms with Crippen LogP contribution in [-0.2, 0) is 6.54 Å². The zero-order valence-corrected chi connectivity index (χ0v) is 16.8. The van der Waals surface area contributed by atoms with Gasteiger partial charge in [-0.25, -0.2) is 9.97 Å². The van der Waals surface area contributed by atoms with Crippen molar-refractivity contribution in [3.8, 4) is 0 Å². The molecular formula is C21H22N4O2S. The minimum atomic E-state index is -0.254. The van der Waals surface area contributed by atoms with Crippen LogP contribution in [0.4, 0.5) is 5.13 Å². The molecule has 0 aliphatic carbocycles. The SMILES string of the molecule is CC=C1CCCCCn2c1nc1cc(C(=O)Nc3ncc(C)s3)ccc1c2=O. The zero-order valence-electron chi connectivity index (χ0n) is 16.0. The van der Waals surface area contributed by atoms with Gasteiger partial charge in [-0.05, 0) is 56.9 Å². The summed E-state index contributed by atoms with van der Waals surface area (Å²) in [6.45, 7) is 4.60. The molecule has 6 nitrogen and oxygen atoms in total. The summed E-state index contributed by atoms with van der Waals surface area (Å²) in [4.78, 5) is 35.6. The van der Waals surface area contributed by atoms with Gasteiger partial charge in [0.2, 0.25) is 0 Å². The quantitative estimate of drug-likeness (QED) is 0.699. The fourth-order valence-corrected chi connectivity index (χ4v) is 4.20. The Morgan fingerprint density at radius 1 is 1.29 bits per heavy atom. The number of carbonyl (C=O) groups excluding carboxylic acids is 1. The van der Waals surface area contributed by atoms with Gasteiger partial charge in [-0.1, -0.05) is 12.5 Å². The second-order valence-electron chi connectivity index (χ2n) is 6.98. The van der Waals surface area contributed by atoms with Gasteiger partial charge in [0.25, 0.3) is 11.5 Å². The van der Waals surface area contributed by atoms with Gasteiger partial charge in [-0.2, -0.15) is 0 Å². The summed E-state index contributed by atoms with van der Waals surface area (Å²) in [6.07, 6.45) is 7.86. The number of aryl methyl sites for hydroxylation is 1. The van der Waals surface area contributed by atoms with Crippen molar-refractivity contribution in [3.63, 3.8) is 0 Å². The lowest BCUT2D eigenvalue weighted by Gasteiger charge is -2.18. The Balaban J connectivity index is 1.78. The Hall–Kier alpha value is -2.80. The standard InChI is InChI=1S/C21H22N4O2S/c1-3-14-7-5-4-6-10-25-18(14)23-17-11-15(8-9-16(17)20(25)27)19(26)24-21-22-12-13(2)28-21/h3,8-9,11-12H,4-7,10H2,1-2H3,(H,22,24,26). The van der Waals surface area contributed by atoms with E-state index in [0.29, 0.717) is 28.1 Å². The van der Waals surface area contributed by atoms with E-state index >= 15 is 0 Å². The topological polar surface area (TPSA) is 76.9 Å². The molecule has 0 fully saturated rings. The highest BCUT2D eigenvalue weighted by Gasteiger charge is 2.17. The van der Waals surface area contributed by atoms with Gasteiger partial charge in [-0.15, -0.1) is 11.3 Å². The maximum absolute atomic E-state index is 13.1. The molecule has 0 bridgehead atoms. The molecule has 28 heavy (non-hydrogen) atoms. The molecule has 0 unspecified atom stereocenters. The molecule has 3 aromatic rings. The first-order chi connectivity index (χ1) is 13.6. The lowest BCUT2D eigenvalue weighted by molar-refractivity contribution is 0.102. The number of rotatable bonds is 2. The number of anilines is 1. The minimum absolute atomic E-state index is 0.0382. The number of amides is 1. The van der Waals surface area contributed by atoms with E-state index < -0.39 is 0 Å². The van der Waals surface area contributed by atoms with Gasteiger partial charge in [0.15, 0.2) is 5.13 Å². The van der Waals surface area contributed by atoms with Crippen LogP contribution in [0, 0.1) is 6.92 Å². The third-order valence-corrected chi connectivity index (χ3v) is 5.85. The summed E-state index contributed by atoms with van der Waals surface area (Å²) in [7, 11) is 0. The maximum Gasteiger partial charge on any atom is 0.261 e. The summed E-state index contributed by atoms with van der Waals surface area (Å²) in [5.74, 6) is 0.476. The zero-order chi connectivity index (χ0) is 19.7. The van der Waals surface area contributed by atoms with Crippen LogP contribution in [0.3, 0.4) is 0 Å².